The number of aromatic amines is 1. The molecule has 4 heterocycles. The zero-order chi connectivity index (χ0) is 24.6. The summed E-state index contributed by atoms with van der Waals surface area (Å²) in [5.74, 6) is 0.0245. The van der Waals surface area contributed by atoms with E-state index in [-0.39, 0.29) is 28.8 Å². The zero-order valence-electron chi connectivity index (χ0n) is 19.6. The summed E-state index contributed by atoms with van der Waals surface area (Å²) in [6.07, 6.45) is 7.95. The number of nitrogens with one attached hydrogen (secondary N) is 2. The van der Waals surface area contributed by atoms with Gasteiger partial charge >= 0.3 is 0 Å². The van der Waals surface area contributed by atoms with E-state index in [9.17, 15) is 9.18 Å². The largest absolute Gasteiger partial charge is 0.378 e. The van der Waals surface area contributed by atoms with Gasteiger partial charge in [0.25, 0.3) is 0 Å². The lowest BCUT2D eigenvalue weighted by atomic mass is 9.76. The van der Waals surface area contributed by atoms with Gasteiger partial charge < -0.3 is 19.9 Å². The maximum absolute atomic E-state index is 14.8. The second kappa shape index (κ2) is 9.96. The molecule has 5 rings (SSSR count). The summed E-state index contributed by atoms with van der Waals surface area (Å²) in [6.45, 7) is 4.44. The average molecular weight is 519 g/mol. The van der Waals surface area contributed by atoms with Crippen molar-refractivity contribution < 1.29 is 13.9 Å². The van der Waals surface area contributed by atoms with Crippen LogP contribution in [0.2, 0.25) is 5.02 Å². The van der Waals surface area contributed by atoms with Gasteiger partial charge in [-0.05, 0) is 30.5 Å². The van der Waals surface area contributed by atoms with Crippen LogP contribution in [0.4, 0.5) is 10.2 Å². The fraction of sp³-hybridized carbons (Fsp3) is 0.500. The lowest BCUT2D eigenvalue weighted by Crippen LogP contribution is -2.50. The van der Waals surface area contributed by atoms with E-state index in [4.69, 9.17) is 16.3 Å². The van der Waals surface area contributed by atoms with Crippen LogP contribution in [0.25, 0.3) is 22.4 Å². The van der Waals surface area contributed by atoms with Gasteiger partial charge in [0.1, 0.15) is 5.65 Å². The van der Waals surface area contributed by atoms with Crippen molar-refractivity contribution in [3.63, 3.8) is 0 Å². The third kappa shape index (κ3) is 4.99. The van der Waals surface area contributed by atoms with Gasteiger partial charge in [0.05, 0.1) is 24.4 Å². The number of hydrogen-bond donors (Lipinski definition) is 2. The fourth-order valence-electron chi connectivity index (χ4n) is 5.11. The molecule has 1 saturated carbocycles. The normalized spacial score (nSPS) is 23.9. The van der Waals surface area contributed by atoms with E-state index in [1.165, 1.54) is 6.20 Å². The Morgan fingerprint density at radius 1 is 1.37 bits per heavy atom. The number of fused-ring (bicyclic) bond motifs is 1. The Balaban J connectivity index is 1.34. The number of halogens is 2. The SMILES string of the molecule is C[C@@H](C(=O)N1CCOCC1)[C@]1(P)CCC[C@@H](Nc2nc(-c3c[nH]c4ncc(Cl)cc34)ncc2F)C1. The van der Waals surface area contributed by atoms with Crippen LogP contribution in [0.15, 0.2) is 24.7 Å². The number of aromatic nitrogens is 4. The quantitative estimate of drug-likeness (QED) is 0.490. The molecule has 4 atom stereocenters. The number of amides is 1. The first-order valence-electron chi connectivity index (χ1n) is 11.9. The number of pyridine rings is 1. The number of morpholine rings is 1. The standard InChI is InChI=1S/C24H29ClFN6O2P/c1-14(23(33)32-5-7-34-8-6-32)24(35)4-2-3-16(10-24)30-22-19(26)13-29-21(31-22)18-12-28-20-17(18)9-15(25)11-27-20/h9,11-14,16H,2-8,10,35H2,1H3,(H,27,28)(H,29,30,31)/t14-,16+,24-/m0/s1. The summed E-state index contributed by atoms with van der Waals surface area (Å²) in [6, 6.07) is 1.77. The molecule has 0 aromatic carbocycles. The molecule has 0 bridgehead atoms. The molecule has 1 amide bonds. The van der Waals surface area contributed by atoms with Gasteiger partial charge in [-0.2, -0.15) is 0 Å². The van der Waals surface area contributed by atoms with Gasteiger partial charge in [-0.1, -0.05) is 24.9 Å². The van der Waals surface area contributed by atoms with Crippen molar-refractivity contribution in [2.75, 3.05) is 31.6 Å². The third-order valence-corrected chi connectivity index (χ3v) is 8.43. The van der Waals surface area contributed by atoms with Gasteiger partial charge in [0, 0.05) is 48.4 Å². The molecule has 35 heavy (non-hydrogen) atoms. The highest BCUT2D eigenvalue weighted by atomic mass is 35.5. The van der Waals surface area contributed by atoms with Gasteiger partial charge in [0.2, 0.25) is 5.91 Å². The smallest absolute Gasteiger partial charge is 0.226 e. The zero-order valence-corrected chi connectivity index (χ0v) is 21.5. The van der Waals surface area contributed by atoms with Gasteiger partial charge in [0.15, 0.2) is 17.5 Å². The van der Waals surface area contributed by atoms with Gasteiger partial charge in [-0.15, -0.1) is 9.24 Å². The molecule has 2 N–H and O–H groups in total. The summed E-state index contributed by atoms with van der Waals surface area (Å²) in [5.41, 5.74) is 1.36. The predicted molar refractivity (Wildman–Crippen MR) is 137 cm³/mol. The summed E-state index contributed by atoms with van der Waals surface area (Å²) in [5, 5.41) is 4.31. The van der Waals surface area contributed by atoms with Crippen molar-refractivity contribution in [1.29, 1.82) is 0 Å². The maximum Gasteiger partial charge on any atom is 0.226 e. The lowest BCUT2D eigenvalue weighted by Gasteiger charge is -2.43. The van der Waals surface area contributed by atoms with Crippen LogP contribution in [-0.4, -0.2) is 68.2 Å². The van der Waals surface area contributed by atoms with Crippen molar-refractivity contribution in [1.82, 2.24) is 24.8 Å². The van der Waals surface area contributed by atoms with E-state index in [1.807, 2.05) is 11.8 Å². The number of ether oxygens (including phenoxy) is 1. The van der Waals surface area contributed by atoms with E-state index in [0.29, 0.717) is 48.4 Å². The molecule has 3 aromatic rings. The van der Waals surface area contributed by atoms with Crippen molar-refractivity contribution >= 4 is 43.6 Å². The molecule has 0 radical (unpaired) electrons. The van der Waals surface area contributed by atoms with Crippen LogP contribution in [-0.2, 0) is 9.53 Å². The minimum absolute atomic E-state index is 0.0162. The molecular weight excluding hydrogens is 490 g/mol. The summed E-state index contributed by atoms with van der Waals surface area (Å²) in [4.78, 5) is 31.1. The molecule has 11 heteroatoms. The van der Waals surface area contributed by atoms with E-state index < -0.39 is 5.82 Å². The summed E-state index contributed by atoms with van der Waals surface area (Å²) in [7, 11) is 2.95. The van der Waals surface area contributed by atoms with E-state index in [1.54, 1.807) is 18.5 Å². The van der Waals surface area contributed by atoms with Crippen LogP contribution in [0.5, 0.6) is 0 Å². The number of rotatable bonds is 5. The first-order valence-corrected chi connectivity index (χ1v) is 12.9. The third-order valence-electron chi connectivity index (χ3n) is 7.20. The summed E-state index contributed by atoms with van der Waals surface area (Å²) < 4.78 is 20.2. The Labute approximate surface area is 210 Å². The number of hydrogen-bond acceptors (Lipinski definition) is 6. The number of H-pyrrole nitrogens is 1. The first kappa shape index (κ1) is 24.3. The van der Waals surface area contributed by atoms with Crippen molar-refractivity contribution in [2.45, 2.75) is 43.8 Å². The molecule has 0 spiro atoms. The summed E-state index contributed by atoms with van der Waals surface area (Å²) >= 11 is 6.12. The van der Waals surface area contributed by atoms with Crippen LogP contribution in [0, 0.1) is 11.7 Å². The van der Waals surface area contributed by atoms with Crippen LogP contribution in [0.3, 0.4) is 0 Å². The van der Waals surface area contributed by atoms with E-state index >= 15 is 0 Å². The Kier molecular flexibility index (Phi) is 6.93. The molecule has 1 aliphatic carbocycles. The second-order valence-corrected chi connectivity index (χ2v) is 11.1. The highest BCUT2D eigenvalue weighted by molar-refractivity contribution is 7.19. The molecular formula is C24H29ClFN6O2P. The van der Waals surface area contributed by atoms with Crippen molar-refractivity contribution in [2.24, 2.45) is 5.92 Å². The number of anilines is 1. The Morgan fingerprint density at radius 3 is 2.97 bits per heavy atom. The topological polar surface area (TPSA) is 96.0 Å². The van der Waals surface area contributed by atoms with Crippen LogP contribution >= 0.6 is 20.8 Å². The van der Waals surface area contributed by atoms with E-state index in [0.717, 1.165) is 31.1 Å². The first-order chi connectivity index (χ1) is 16.8. The molecule has 2 aliphatic rings. The Hall–Kier alpha value is -2.35. The highest BCUT2D eigenvalue weighted by Crippen LogP contribution is 2.43. The fourth-order valence-corrected chi connectivity index (χ4v) is 5.90. The highest BCUT2D eigenvalue weighted by Gasteiger charge is 2.42. The molecule has 1 saturated heterocycles. The molecule has 186 valence electrons. The van der Waals surface area contributed by atoms with Gasteiger partial charge in [-0.25, -0.2) is 19.3 Å². The molecule has 1 unspecified atom stereocenters. The molecule has 3 aromatic heterocycles. The molecule has 1 aliphatic heterocycles. The lowest BCUT2D eigenvalue weighted by molar-refractivity contribution is -0.140. The number of carbonyl (C=O) groups is 1. The minimum Gasteiger partial charge on any atom is -0.378 e. The maximum atomic E-state index is 14.8. The number of nitrogens with zero attached hydrogens (tertiary/aromatic N) is 4. The predicted octanol–water partition coefficient (Wildman–Crippen LogP) is 4.28. The molecule has 8 nitrogen and oxygen atoms in total. The second-order valence-electron chi connectivity index (χ2n) is 9.47. The van der Waals surface area contributed by atoms with Crippen molar-refractivity contribution in [3.05, 3.63) is 35.5 Å². The average Bonchev–Trinajstić information content (AvgIpc) is 3.28. The minimum atomic E-state index is -0.512. The number of carbonyl (C=O) groups excluding carboxylic acids is 1. The van der Waals surface area contributed by atoms with Crippen LogP contribution in [0.1, 0.15) is 32.6 Å². The molecule has 2 fully saturated rings. The van der Waals surface area contributed by atoms with E-state index in [2.05, 4.69) is 34.5 Å². The monoisotopic (exact) mass is 518 g/mol. The van der Waals surface area contributed by atoms with Crippen LogP contribution < -0.4 is 5.32 Å². The van der Waals surface area contributed by atoms with Crippen molar-refractivity contribution in [3.8, 4) is 11.4 Å². The van der Waals surface area contributed by atoms with Gasteiger partial charge in [-0.3, -0.25) is 4.79 Å². The Bertz CT molecular complexity index is 1240. The Morgan fingerprint density at radius 2 is 2.17 bits per heavy atom.